The molecule has 0 aliphatic heterocycles. The summed E-state index contributed by atoms with van der Waals surface area (Å²) in [6.45, 7) is 2.20. The molecule has 1 atom stereocenters. The number of nitrogens with two attached hydrogens (primary N) is 1. The van der Waals surface area contributed by atoms with Crippen LogP contribution in [0.5, 0.6) is 0 Å². The number of benzene rings is 1. The largest absolute Gasteiger partial charge is 0.398 e. The smallest absolute Gasteiger partial charge is 0.0424 e. The van der Waals surface area contributed by atoms with Crippen LogP contribution < -0.4 is 11.1 Å². The molecule has 0 spiro atoms. The molecule has 0 aliphatic rings. The topological polar surface area (TPSA) is 50.9 Å². The van der Waals surface area contributed by atoms with Crippen LogP contribution >= 0.6 is 11.8 Å². The van der Waals surface area contributed by atoms with E-state index < -0.39 is 0 Å². The van der Waals surface area contributed by atoms with Crippen molar-refractivity contribution in [1.82, 2.24) is 4.98 Å². The molecule has 0 aliphatic carbocycles. The first-order chi connectivity index (χ1) is 8.76. The number of hydrogen-bond acceptors (Lipinski definition) is 4. The normalized spacial score (nSPS) is 12.6. The minimum atomic E-state index is 0.486. The van der Waals surface area contributed by atoms with Gasteiger partial charge in [-0.2, -0.15) is 11.8 Å². The number of anilines is 2. The lowest BCUT2D eigenvalue weighted by Gasteiger charge is -2.19. The second-order valence-electron chi connectivity index (χ2n) is 4.33. The molecule has 0 radical (unpaired) electrons. The number of hydrogen-bond donors (Lipinski definition) is 2. The second-order valence-corrected chi connectivity index (χ2v) is 5.24. The van der Waals surface area contributed by atoms with Crippen molar-refractivity contribution in [3.63, 3.8) is 0 Å². The van der Waals surface area contributed by atoms with Gasteiger partial charge < -0.3 is 11.1 Å². The first-order valence-corrected chi connectivity index (χ1v) is 7.53. The number of nitrogens with one attached hydrogen (secondary N) is 1. The molecule has 18 heavy (non-hydrogen) atoms. The highest BCUT2D eigenvalue weighted by molar-refractivity contribution is 7.98. The van der Waals surface area contributed by atoms with E-state index in [9.17, 15) is 0 Å². The number of aromatic nitrogens is 1. The van der Waals surface area contributed by atoms with E-state index in [0.717, 1.165) is 34.3 Å². The predicted octanol–water partition coefficient (Wildman–Crippen LogP) is 3.37. The van der Waals surface area contributed by atoms with Gasteiger partial charge in [-0.25, -0.2) is 0 Å². The molecule has 3 nitrogen and oxygen atoms in total. The molecule has 1 aromatic heterocycles. The van der Waals surface area contributed by atoms with E-state index in [2.05, 4.69) is 29.5 Å². The van der Waals surface area contributed by atoms with E-state index in [1.165, 1.54) is 0 Å². The molecule has 0 saturated heterocycles. The van der Waals surface area contributed by atoms with Crippen LogP contribution in [0.2, 0.25) is 0 Å². The molecule has 0 bridgehead atoms. The van der Waals surface area contributed by atoms with Crippen LogP contribution in [0.3, 0.4) is 0 Å². The summed E-state index contributed by atoms with van der Waals surface area (Å²) in [5.41, 5.74) is 7.90. The lowest BCUT2D eigenvalue weighted by Crippen LogP contribution is -2.21. The van der Waals surface area contributed by atoms with E-state index >= 15 is 0 Å². The maximum atomic E-state index is 5.98. The van der Waals surface area contributed by atoms with Crippen molar-refractivity contribution >= 4 is 33.9 Å². The summed E-state index contributed by atoms with van der Waals surface area (Å²) >= 11 is 1.86. The summed E-state index contributed by atoms with van der Waals surface area (Å²) in [6, 6.07) is 6.50. The van der Waals surface area contributed by atoms with Crippen LogP contribution in [0.25, 0.3) is 10.8 Å². The summed E-state index contributed by atoms with van der Waals surface area (Å²) in [7, 11) is 0. The number of nitrogen functional groups attached to an aromatic ring is 1. The Morgan fingerprint density at radius 3 is 2.89 bits per heavy atom. The van der Waals surface area contributed by atoms with E-state index in [1.54, 1.807) is 0 Å². The Bertz CT molecular complexity index is 527. The molecular formula is C14H19N3S. The SMILES string of the molecule is CCC(CSC)Nc1ccc(N)c2cnccc12. The molecule has 1 aromatic carbocycles. The highest BCUT2D eigenvalue weighted by Gasteiger charge is 2.09. The minimum Gasteiger partial charge on any atom is -0.398 e. The Morgan fingerprint density at radius 1 is 1.33 bits per heavy atom. The Morgan fingerprint density at radius 2 is 2.17 bits per heavy atom. The van der Waals surface area contributed by atoms with Crippen molar-refractivity contribution in [2.24, 2.45) is 0 Å². The molecule has 2 rings (SSSR count). The van der Waals surface area contributed by atoms with Gasteiger partial charge in [0.05, 0.1) is 0 Å². The summed E-state index contributed by atoms with van der Waals surface area (Å²) in [5.74, 6) is 1.10. The van der Waals surface area contributed by atoms with E-state index in [0.29, 0.717) is 6.04 Å². The van der Waals surface area contributed by atoms with E-state index in [1.807, 2.05) is 36.3 Å². The van der Waals surface area contributed by atoms with Gasteiger partial charge in [-0.05, 0) is 30.9 Å². The monoisotopic (exact) mass is 261 g/mol. The third-order valence-electron chi connectivity index (χ3n) is 3.07. The fraction of sp³-hybridized carbons (Fsp3) is 0.357. The molecule has 1 unspecified atom stereocenters. The first kappa shape index (κ1) is 13.0. The highest BCUT2D eigenvalue weighted by atomic mass is 32.2. The Balaban J connectivity index is 2.36. The number of nitrogens with zero attached hydrogens (tertiary/aromatic N) is 1. The van der Waals surface area contributed by atoms with Gasteiger partial charge in [0.1, 0.15) is 0 Å². The standard InChI is InChI=1S/C14H19N3S/c1-3-10(9-18-2)17-14-5-4-13(15)12-8-16-7-6-11(12)14/h4-8,10,17H,3,9,15H2,1-2H3. The average Bonchev–Trinajstić information content (AvgIpc) is 2.41. The summed E-state index contributed by atoms with van der Waals surface area (Å²) in [5, 5.41) is 5.75. The minimum absolute atomic E-state index is 0.486. The molecule has 0 fully saturated rings. The molecule has 3 N–H and O–H groups in total. The van der Waals surface area contributed by atoms with Crippen molar-refractivity contribution in [2.75, 3.05) is 23.1 Å². The predicted molar refractivity (Wildman–Crippen MR) is 82.2 cm³/mol. The molecule has 0 amide bonds. The quantitative estimate of drug-likeness (QED) is 0.810. The van der Waals surface area contributed by atoms with Gasteiger partial charge in [0.2, 0.25) is 0 Å². The van der Waals surface area contributed by atoms with E-state index in [4.69, 9.17) is 5.73 Å². The number of rotatable bonds is 5. The molecule has 4 heteroatoms. The van der Waals surface area contributed by atoms with Gasteiger partial charge in [-0.15, -0.1) is 0 Å². The average molecular weight is 261 g/mol. The number of fused-ring (bicyclic) bond motifs is 1. The third kappa shape index (κ3) is 2.70. The van der Waals surface area contributed by atoms with Crippen molar-refractivity contribution in [1.29, 1.82) is 0 Å². The maximum absolute atomic E-state index is 5.98. The molecule has 1 heterocycles. The number of pyridine rings is 1. The molecule has 2 aromatic rings. The van der Waals surface area contributed by atoms with Crippen LogP contribution in [0, 0.1) is 0 Å². The second kappa shape index (κ2) is 5.96. The van der Waals surface area contributed by atoms with E-state index in [-0.39, 0.29) is 0 Å². The maximum Gasteiger partial charge on any atom is 0.0424 e. The van der Waals surface area contributed by atoms with Gasteiger partial charge in [0.25, 0.3) is 0 Å². The Labute approximate surface area is 112 Å². The summed E-state index contributed by atoms with van der Waals surface area (Å²) < 4.78 is 0. The van der Waals surface area contributed by atoms with Crippen molar-refractivity contribution in [3.8, 4) is 0 Å². The zero-order chi connectivity index (χ0) is 13.0. The van der Waals surface area contributed by atoms with Crippen molar-refractivity contribution in [3.05, 3.63) is 30.6 Å². The van der Waals surface area contributed by atoms with Crippen LogP contribution in [0.15, 0.2) is 30.6 Å². The summed E-state index contributed by atoms with van der Waals surface area (Å²) in [6.07, 6.45) is 6.88. The number of thioether (sulfide) groups is 1. The third-order valence-corrected chi connectivity index (χ3v) is 3.81. The molecular weight excluding hydrogens is 242 g/mol. The summed E-state index contributed by atoms with van der Waals surface area (Å²) in [4.78, 5) is 4.14. The van der Waals surface area contributed by atoms with Crippen LogP contribution in [-0.4, -0.2) is 23.0 Å². The van der Waals surface area contributed by atoms with Crippen molar-refractivity contribution in [2.45, 2.75) is 19.4 Å². The first-order valence-electron chi connectivity index (χ1n) is 6.14. The van der Waals surface area contributed by atoms with Crippen LogP contribution in [0.1, 0.15) is 13.3 Å². The lowest BCUT2D eigenvalue weighted by molar-refractivity contribution is 0.776. The van der Waals surface area contributed by atoms with Crippen LogP contribution in [-0.2, 0) is 0 Å². The van der Waals surface area contributed by atoms with Gasteiger partial charge in [-0.3, -0.25) is 4.98 Å². The Hall–Kier alpha value is -1.42. The highest BCUT2D eigenvalue weighted by Crippen LogP contribution is 2.28. The molecule has 0 saturated carbocycles. The fourth-order valence-corrected chi connectivity index (χ4v) is 2.74. The Kier molecular flexibility index (Phi) is 4.31. The lowest BCUT2D eigenvalue weighted by atomic mass is 10.1. The zero-order valence-corrected chi connectivity index (χ0v) is 11.6. The van der Waals surface area contributed by atoms with Gasteiger partial charge in [-0.1, -0.05) is 6.92 Å². The van der Waals surface area contributed by atoms with Gasteiger partial charge >= 0.3 is 0 Å². The fourth-order valence-electron chi connectivity index (χ4n) is 2.02. The van der Waals surface area contributed by atoms with Crippen molar-refractivity contribution < 1.29 is 0 Å². The van der Waals surface area contributed by atoms with Gasteiger partial charge in [0, 0.05) is 46.3 Å². The van der Waals surface area contributed by atoms with Gasteiger partial charge in [0.15, 0.2) is 0 Å². The van der Waals surface area contributed by atoms with Crippen LogP contribution in [0.4, 0.5) is 11.4 Å². The molecule has 96 valence electrons. The zero-order valence-electron chi connectivity index (χ0n) is 10.8.